The second-order valence-electron chi connectivity index (χ2n) is 6.50. The second-order valence-corrected chi connectivity index (χ2v) is 8.91. The molecule has 1 heterocycles. The van der Waals surface area contributed by atoms with E-state index in [4.69, 9.17) is 11.6 Å². The number of aromatic nitrogens is 2. The molecule has 1 aromatic heterocycles. The van der Waals surface area contributed by atoms with Gasteiger partial charge in [0.2, 0.25) is 16.0 Å². The van der Waals surface area contributed by atoms with Gasteiger partial charge in [0.15, 0.2) is 0 Å². The maximum absolute atomic E-state index is 11.3. The molecule has 1 fully saturated rings. The number of hydrogen-bond acceptors (Lipinski definition) is 6. The summed E-state index contributed by atoms with van der Waals surface area (Å²) in [5.74, 6) is 3.89. The summed E-state index contributed by atoms with van der Waals surface area (Å²) < 4.78 is 23.4. The number of primary sulfonamides is 1. The van der Waals surface area contributed by atoms with E-state index in [1.54, 1.807) is 18.3 Å². The molecule has 0 unspecified atom stereocenters. The van der Waals surface area contributed by atoms with E-state index in [0.717, 1.165) is 30.2 Å². The number of anilines is 3. The van der Waals surface area contributed by atoms with Crippen molar-refractivity contribution < 1.29 is 8.42 Å². The van der Waals surface area contributed by atoms with Crippen molar-refractivity contribution in [1.82, 2.24) is 9.97 Å². The minimum atomic E-state index is -3.72. The Labute approximate surface area is 167 Å². The molecule has 1 aliphatic carbocycles. The van der Waals surface area contributed by atoms with Crippen LogP contribution in [0.1, 0.15) is 32.1 Å². The fourth-order valence-corrected chi connectivity index (χ4v) is 3.87. The second kappa shape index (κ2) is 7.84. The van der Waals surface area contributed by atoms with Gasteiger partial charge in [0, 0.05) is 11.9 Å². The predicted molar refractivity (Wildman–Crippen MR) is 109 cm³/mol. The number of sulfonamides is 1. The Morgan fingerprint density at radius 3 is 2.44 bits per heavy atom. The van der Waals surface area contributed by atoms with Crippen LogP contribution in [0.25, 0.3) is 0 Å². The lowest BCUT2D eigenvalue weighted by Gasteiger charge is -2.34. The standard InChI is InChI=1S/C18H20BrN5O2S/c1-2-18(10-4-3-5-11-18)24-16-15(19)12-21-17(23-16)22-13-6-8-14(9-7-13)27(20,25)26/h1,6-9,12H,3-5,10-11H2,(H2,20,25,26)(H2,21,22,23,24). The zero-order valence-corrected chi connectivity index (χ0v) is 17.0. The highest BCUT2D eigenvalue weighted by Crippen LogP contribution is 2.33. The van der Waals surface area contributed by atoms with Gasteiger partial charge in [0.25, 0.3) is 0 Å². The molecule has 0 bridgehead atoms. The summed E-state index contributed by atoms with van der Waals surface area (Å²) in [6.45, 7) is 0. The van der Waals surface area contributed by atoms with E-state index < -0.39 is 15.6 Å². The molecule has 0 saturated heterocycles. The highest BCUT2D eigenvalue weighted by atomic mass is 79.9. The van der Waals surface area contributed by atoms with Gasteiger partial charge in [0.1, 0.15) is 5.82 Å². The van der Waals surface area contributed by atoms with E-state index in [1.807, 2.05) is 0 Å². The van der Waals surface area contributed by atoms with Crippen LogP contribution in [0.5, 0.6) is 0 Å². The van der Waals surface area contributed by atoms with Gasteiger partial charge in [-0.25, -0.2) is 18.5 Å². The molecule has 0 atom stereocenters. The fraction of sp³-hybridized carbons (Fsp3) is 0.333. The van der Waals surface area contributed by atoms with Crippen molar-refractivity contribution in [3.8, 4) is 12.3 Å². The van der Waals surface area contributed by atoms with E-state index in [-0.39, 0.29) is 4.90 Å². The van der Waals surface area contributed by atoms with Crippen molar-refractivity contribution in [2.24, 2.45) is 5.14 Å². The van der Waals surface area contributed by atoms with Crippen LogP contribution in [0.15, 0.2) is 39.8 Å². The first kappa shape index (κ1) is 19.6. The zero-order valence-electron chi connectivity index (χ0n) is 14.6. The van der Waals surface area contributed by atoms with Gasteiger partial charge < -0.3 is 10.6 Å². The van der Waals surface area contributed by atoms with Crippen molar-refractivity contribution in [2.75, 3.05) is 10.6 Å². The summed E-state index contributed by atoms with van der Waals surface area (Å²) in [6, 6.07) is 6.04. The van der Waals surface area contributed by atoms with E-state index >= 15 is 0 Å². The summed E-state index contributed by atoms with van der Waals surface area (Å²) >= 11 is 3.46. The Balaban J connectivity index is 1.80. The molecular formula is C18H20BrN5O2S. The largest absolute Gasteiger partial charge is 0.353 e. The minimum Gasteiger partial charge on any atom is -0.353 e. The SMILES string of the molecule is C#CC1(Nc2nc(Nc3ccc(S(N)(=O)=O)cc3)ncc2Br)CCCCC1. The molecular weight excluding hydrogens is 430 g/mol. The molecule has 1 saturated carbocycles. The summed E-state index contributed by atoms with van der Waals surface area (Å²) in [5, 5.41) is 11.6. The van der Waals surface area contributed by atoms with E-state index in [0.29, 0.717) is 17.5 Å². The van der Waals surface area contributed by atoms with Gasteiger partial charge in [-0.15, -0.1) is 6.42 Å². The number of benzene rings is 1. The maximum atomic E-state index is 11.3. The average Bonchev–Trinajstić information content (AvgIpc) is 2.65. The number of rotatable bonds is 5. The fourth-order valence-electron chi connectivity index (χ4n) is 3.06. The third-order valence-electron chi connectivity index (χ3n) is 4.52. The molecule has 0 radical (unpaired) electrons. The third kappa shape index (κ3) is 4.77. The number of nitrogens with zero attached hydrogens (tertiary/aromatic N) is 2. The van der Waals surface area contributed by atoms with Crippen LogP contribution in [0.2, 0.25) is 0 Å². The topological polar surface area (TPSA) is 110 Å². The number of halogens is 1. The number of hydrogen-bond donors (Lipinski definition) is 3. The van der Waals surface area contributed by atoms with Crippen LogP contribution in [0.4, 0.5) is 17.5 Å². The van der Waals surface area contributed by atoms with E-state index in [2.05, 4.69) is 42.5 Å². The zero-order chi connectivity index (χ0) is 19.5. The van der Waals surface area contributed by atoms with Crippen LogP contribution in [0.3, 0.4) is 0 Å². The van der Waals surface area contributed by atoms with Gasteiger partial charge >= 0.3 is 0 Å². The van der Waals surface area contributed by atoms with Gasteiger partial charge in [-0.2, -0.15) is 4.98 Å². The van der Waals surface area contributed by atoms with Crippen molar-refractivity contribution in [2.45, 2.75) is 42.5 Å². The predicted octanol–water partition coefficient (Wildman–Crippen LogP) is 3.38. The van der Waals surface area contributed by atoms with Crippen molar-refractivity contribution in [1.29, 1.82) is 0 Å². The quantitative estimate of drug-likeness (QED) is 0.603. The molecule has 0 amide bonds. The molecule has 142 valence electrons. The summed E-state index contributed by atoms with van der Waals surface area (Å²) in [5.41, 5.74) is 0.240. The van der Waals surface area contributed by atoms with Crippen LogP contribution in [0, 0.1) is 12.3 Å². The molecule has 9 heteroatoms. The van der Waals surface area contributed by atoms with Crippen molar-refractivity contribution in [3.63, 3.8) is 0 Å². The average molecular weight is 450 g/mol. The number of nitrogens with two attached hydrogens (primary N) is 1. The van der Waals surface area contributed by atoms with E-state index in [9.17, 15) is 8.42 Å². The first-order chi connectivity index (χ1) is 12.8. The first-order valence-electron chi connectivity index (χ1n) is 8.50. The molecule has 1 aromatic carbocycles. The highest BCUT2D eigenvalue weighted by molar-refractivity contribution is 9.10. The molecule has 4 N–H and O–H groups in total. The normalized spacial score (nSPS) is 16.3. The van der Waals surface area contributed by atoms with Gasteiger partial charge in [-0.05, 0) is 53.0 Å². The molecule has 2 aromatic rings. The first-order valence-corrected chi connectivity index (χ1v) is 10.8. The number of nitrogens with one attached hydrogen (secondary N) is 2. The summed E-state index contributed by atoms with van der Waals surface area (Å²) in [4.78, 5) is 8.79. The van der Waals surface area contributed by atoms with Crippen LogP contribution in [-0.2, 0) is 10.0 Å². The summed E-state index contributed by atoms with van der Waals surface area (Å²) in [6.07, 6.45) is 12.6. The highest BCUT2D eigenvalue weighted by Gasteiger charge is 2.30. The van der Waals surface area contributed by atoms with Crippen molar-refractivity contribution in [3.05, 3.63) is 34.9 Å². The molecule has 27 heavy (non-hydrogen) atoms. The Morgan fingerprint density at radius 1 is 1.19 bits per heavy atom. The monoisotopic (exact) mass is 449 g/mol. The molecule has 7 nitrogen and oxygen atoms in total. The Kier molecular flexibility index (Phi) is 5.69. The minimum absolute atomic E-state index is 0.0420. The van der Waals surface area contributed by atoms with Crippen molar-refractivity contribution >= 4 is 43.4 Å². The van der Waals surface area contributed by atoms with E-state index in [1.165, 1.54) is 18.6 Å². The Hall–Kier alpha value is -2.15. The third-order valence-corrected chi connectivity index (χ3v) is 6.03. The molecule has 1 aliphatic rings. The molecule has 3 rings (SSSR count). The number of terminal acetylenes is 1. The van der Waals surface area contributed by atoms with Crippen LogP contribution < -0.4 is 15.8 Å². The lowest BCUT2D eigenvalue weighted by Crippen LogP contribution is -2.39. The lowest BCUT2D eigenvalue weighted by atomic mass is 9.82. The maximum Gasteiger partial charge on any atom is 0.238 e. The molecule has 0 spiro atoms. The Morgan fingerprint density at radius 2 is 1.85 bits per heavy atom. The smallest absolute Gasteiger partial charge is 0.238 e. The molecule has 0 aliphatic heterocycles. The summed E-state index contributed by atoms with van der Waals surface area (Å²) in [7, 11) is -3.72. The Bertz CT molecular complexity index is 964. The van der Waals surface area contributed by atoms with Gasteiger partial charge in [0.05, 0.1) is 14.9 Å². The van der Waals surface area contributed by atoms with Gasteiger partial charge in [-0.1, -0.05) is 25.2 Å². The lowest BCUT2D eigenvalue weighted by molar-refractivity contribution is 0.395. The van der Waals surface area contributed by atoms with Gasteiger partial charge in [-0.3, -0.25) is 0 Å². The van der Waals surface area contributed by atoms with Crippen LogP contribution >= 0.6 is 15.9 Å². The van der Waals surface area contributed by atoms with Crippen LogP contribution in [-0.4, -0.2) is 23.9 Å².